The number of rotatable bonds is 2. The number of aromatic carboxylic acids is 1. The molecule has 0 unspecified atom stereocenters. The van der Waals surface area contributed by atoms with E-state index in [1.807, 2.05) is 45.0 Å². The summed E-state index contributed by atoms with van der Waals surface area (Å²) < 4.78 is 6.19. The Morgan fingerprint density at radius 2 is 1.52 bits per heavy atom. The van der Waals surface area contributed by atoms with Crippen LogP contribution in [-0.2, 0) is 0 Å². The largest absolute Gasteiger partial charge is 0.478 e. The van der Waals surface area contributed by atoms with E-state index >= 15 is 0 Å². The molecule has 0 saturated carbocycles. The number of carbonyl (C=O) groups is 1. The Hall–Kier alpha value is -2.83. The number of carboxylic acids is 1. The van der Waals surface area contributed by atoms with Gasteiger partial charge in [0, 0.05) is 26.9 Å². The summed E-state index contributed by atoms with van der Waals surface area (Å²) in [5.41, 5.74) is 4.94. The van der Waals surface area contributed by atoms with Crippen molar-refractivity contribution in [1.29, 1.82) is 0 Å². The van der Waals surface area contributed by atoms with Crippen LogP contribution < -0.4 is 15.2 Å². The monoisotopic (exact) mass is 486 g/mol. The Bertz CT molecular complexity index is 1370. The van der Waals surface area contributed by atoms with E-state index in [1.54, 1.807) is 6.07 Å². The van der Waals surface area contributed by atoms with Crippen molar-refractivity contribution in [2.75, 3.05) is 0 Å². The zero-order valence-electron chi connectivity index (χ0n) is 18.7. The van der Waals surface area contributed by atoms with E-state index in [9.17, 15) is 9.90 Å². The van der Waals surface area contributed by atoms with Crippen LogP contribution >= 0.6 is 23.2 Å². The van der Waals surface area contributed by atoms with Gasteiger partial charge < -0.3 is 20.1 Å². The molecule has 0 spiro atoms. The van der Waals surface area contributed by atoms with Gasteiger partial charge in [0.05, 0.1) is 10.6 Å². The van der Waals surface area contributed by atoms with Crippen molar-refractivity contribution in [1.82, 2.24) is 0 Å². The van der Waals surface area contributed by atoms with Gasteiger partial charge in [-0.2, -0.15) is 0 Å². The SMILES string of the molecule is C=c1cc2c(cc1C)=C(c1c(Cl)ccc(Cl)c1C(=O)O)c1cc(C)c(C)cc1O2.CC(O)O. The molecule has 4 rings (SSSR count). The van der Waals surface area contributed by atoms with Crippen LogP contribution in [0.1, 0.15) is 45.1 Å². The van der Waals surface area contributed by atoms with Crippen molar-refractivity contribution in [3.05, 3.63) is 90.3 Å². The van der Waals surface area contributed by atoms with E-state index in [4.69, 9.17) is 38.2 Å². The fourth-order valence-electron chi connectivity index (χ4n) is 3.62. The van der Waals surface area contributed by atoms with Gasteiger partial charge in [-0.05, 0) is 86.0 Å². The summed E-state index contributed by atoms with van der Waals surface area (Å²) in [4.78, 5) is 12.1. The third kappa shape index (κ3) is 4.92. The summed E-state index contributed by atoms with van der Waals surface area (Å²) in [5.74, 6) is 0.119. The normalized spacial score (nSPS) is 11.8. The third-order valence-corrected chi connectivity index (χ3v) is 5.99. The van der Waals surface area contributed by atoms with Crippen LogP contribution in [0.5, 0.6) is 11.5 Å². The maximum Gasteiger partial charge on any atom is 0.337 e. The summed E-state index contributed by atoms with van der Waals surface area (Å²) in [5, 5.41) is 27.2. The number of halogens is 2. The van der Waals surface area contributed by atoms with Gasteiger partial charge in [0.1, 0.15) is 17.8 Å². The molecule has 3 aromatic rings. The number of aryl methyl sites for hydroxylation is 3. The summed E-state index contributed by atoms with van der Waals surface area (Å²) in [7, 11) is 0. The van der Waals surface area contributed by atoms with Gasteiger partial charge in [-0.25, -0.2) is 4.79 Å². The molecule has 0 radical (unpaired) electrons. The fourth-order valence-corrected chi connectivity index (χ4v) is 4.11. The van der Waals surface area contributed by atoms with E-state index in [-0.39, 0.29) is 10.6 Å². The first-order chi connectivity index (χ1) is 15.4. The molecular weight excluding hydrogens is 463 g/mol. The summed E-state index contributed by atoms with van der Waals surface area (Å²) >= 11 is 12.8. The Morgan fingerprint density at radius 3 is 2.12 bits per heavy atom. The number of hydrogen-bond donors (Lipinski definition) is 3. The summed E-state index contributed by atoms with van der Waals surface area (Å²) in [6, 6.07) is 10.9. The highest BCUT2D eigenvalue weighted by Gasteiger charge is 2.28. The van der Waals surface area contributed by atoms with Crippen LogP contribution in [0.2, 0.25) is 10.0 Å². The van der Waals surface area contributed by atoms with E-state index in [2.05, 4.69) is 6.58 Å². The van der Waals surface area contributed by atoms with Gasteiger partial charge in [0.25, 0.3) is 0 Å². The van der Waals surface area contributed by atoms with Crippen molar-refractivity contribution in [2.24, 2.45) is 0 Å². The molecule has 172 valence electrons. The molecule has 0 atom stereocenters. The van der Waals surface area contributed by atoms with Crippen molar-refractivity contribution in [2.45, 2.75) is 34.0 Å². The van der Waals surface area contributed by atoms with Crippen LogP contribution in [0, 0.1) is 20.8 Å². The van der Waals surface area contributed by atoms with E-state index < -0.39 is 12.3 Å². The first kappa shape index (κ1) is 24.8. The number of ether oxygens (including phenoxy) is 1. The molecule has 33 heavy (non-hydrogen) atoms. The summed E-state index contributed by atoms with van der Waals surface area (Å²) in [6.07, 6.45) is -1.17. The topological polar surface area (TPSA) is 87.0 Å². The Kier molecular flexibility index (Phi) is 7.20. The van der Waals surface area contributed by atoms with Gasteiger partial charge in [-0.15, -0.1) is 0 Å². The van der Waals surface area contributed by atoms with Gasteiger partial charge in [0.2, 0.25) is 0 Å². The van der Waals surface area contributed by atoms with Gasteiger partial charge >= 0.3 is 5.97 Å². The van der Waals surface area contributed by atoms with Crippen molar-refractivity contribution in [3.63, 3.8) is 0 Å². The molecule has 0 aliphatic carbocycles. The molecule has 0 fully saturated rings. The first-order valence-corrected chi connectivity index (χ1v) is 10.9. The molecule has 0 bridgehead atoms. The number of fused-ring (bicyclic) bond motifs is 2. The maximum absolute atomic E-state index is 12.1. The van der Waals surface area contributed by atoms with E-state index in [1.165, 1.54) is 13.0 Å². The zero-order chi connectivity index (χ0) is 24.6. The molecule has 3 aromatic carbocycles. The van der Waals surface area contributed by atoms with Gasteiger partial charge in [-0.3, -0.25) is 0 Å². The second-order valence-corrected chi connectivity index (χ2v) is 8.72. The quantitative estimate of drug-likeness (QED) is 0.357. The molecule has 1 heterocycles. The number of carboxylic acid groups (broad SMARTS) is 1. The minimum Gasteiger partial charge on any atom is -0.478 e. The Morgan fingerprint density at radius 1 is 0.939 bits per heavy atom. The lowest BCUT2D eigenvalue weighted by Crippen LogP contribution is -2.23. The number of aliphatic hydroxyl groups excluding tert-OH is 1. The van der Waals surface area contributed by atoms with Gasteiger partial charge in [0.15, 0.2) is 0 Å². The minimum absolute atomic E-state index is 0.0254. The van der Waals surface area contributed by atoms with Crippen LogP contribution in [0.4, 0.5) is 0 Å². The standard InChI is InChI=1S/C24H18Cl2O3.C2H6O2/c1-11-7-15-19(9-13(11)3)29-20-10-14(4)12(2)8-16(20)21(15)22-17(25)5-6-18(26)23(22)24(27)28;1-2(3)4/h5-10H,3H2,1-2,4H3,(H,27,28);2-4H,1H3. The highest BCUT2D eigenvalue weighted by molar-refractivity contribution is 6.37. The van der Waals surface area contributed by atoms with E-state index in [0.29, 0.717) is 27.7 Å². The molecule has 7 heteroatoms. The first-order valence-electron chi connectivity index (χ1n) is 10.1. The van der Waals surface area contributed by atoms with Crippen molar-refractivity contribution < 1.29 is 24.9 Å². The highest BCUT2D eigenvalue weighted by Crippen LogP contribution is 2.42. The number of aliphatic hydroxyl groups is 2. The summed E-state index contributed by atoms with van der Waals surface area (Å²) in [6.45, 7) is 11.3. The number of hydrogen-bond acceptors (Lipinski definition) is 4. The number of benzene rings is 3. The predicted molar refractivity (Wildman–Crippen MR) is 131 cm³/mol. The molecule has 5 nitrogen and oxygen atoms in total. The highest BCUT2D eigenvalue weighted by atomic mass is 35.5. The lowest BCUT2D eigenvalue weighted by atomic mass is 9.87. The van der Waals surface area contributed by atoms with Crippen LogP contribution in [0.15, 0.2) is 36.4 Å². The molecule has 1 aliphatic heterocycles. The molecule has 0 aromatic heterocycles. The van der Waals surface area contributed by atoms with Gasteiger partial charge in [-0.1, -0.05) is 29.8 Å². The molecule has 0 amide bonds. The molecule has 1 aliphatic rings. The second-order valence-electron chi connectivity index (χ2n) is 7.90. The Balaban J connectivity index is 0.000000709. The fraction of sp³-hybridized carbons (Fsp3) is 0.192. The second kappa shape index (κ2) is 9.57. The Labute approximate surface area is 201 Å². The lowest BCUT2D eigenvalue weighted by Gasteiger charge is -2.24. The minimum atomic E-state index is -1.17. The van der Waals surface area contributed by atoms with E-state index in [0.717, 1.165) is 32.7 Å². The average Bonchev–Trinajstić information content (AvgIpc) is 2.70. The van der Waals surface area contributed by atoms with Crippen LogP contribution in [0.3, 0.4) is 0 Å². The lowest BCUT2D eigenvalue weighted by molar-refractivity contribution is -0.0228. The van der Waals surface area contributed by atoms with Crippen molar-refractivity contribution >= 4 is 41.3 Å². The predicted octanol–water partition coefficient (Wildman–Crippen LogP) is 4.70. The smallest absolute Gasteiger partial charge is 0.337 e. The van der Waals surface area contributed by atoms with Crippen LogP contribution in [-0.4, -0.2) is 27.6 Å². The average molecular weight is 487 g/mol. The zero-order valence-corrected chi connectivity index (χ0v) is 20.2. The van der Waals surface area contributed by atoms with Crippen LogP contribution in [0.25, 0.3) is 12.2 Å². The molecular formula is C26H24Cl2O5. The molecule has 3 N–H and O–H groups in total. The maximum atomic E-state index is 12.1. The third-order valence-electron chi connectivity index (χ3n) is 5.36. The van der Waals surface area contributed by atoms with Crippen molar-refractivity contribution in [3.8, 4) is 11.5 Å². The molecule has 0 saturated heterocycles.